The van der Waals surface area contributed by atoms with Gasteiger partial charge < -0.3 is 5.11 Å². The van der Waals surface area contributed by atoms with Crippen LogP contribution in [0.2, 0.25) is 0 Å². The molecule has 0 atom stereocenters. The average Bonchev–Trinajstić information content (AvgIpc) is 2.48. The molecule has 0 saturated carbocycles. The summed E-state index contributed by atoms with van der Waals surface area (Å²) in [4.78, 5) is 14.0. The highest BCUT2D eigenvalue weighted by molar-refractivity contribution is 7.91. The second kappa shape index (κ2) is 4.39. The van der Waals surface area contributed by atoms with Gasteiger partial charge in [-0.15, -0.1) is 0 Å². The first-order valence-corrected chi connectivity index (χ1v) is 6.05. The Balaban J connectivity index is 2.82. The lowest BCUT2D eigenvalue weighted by atomic mass is 10.6. The number of aliphatic carboxylic acids is 1. The van der Waals surface area contributed by atoms with Gasteiger partial charge in [-0.05, 0) is 6.92 Å². The molecule has 0 unspecified atom stereocenters. The largest absolute Gasteiger partial charge is 0.480 e. The molecule has 0 bridgehead atoms. The van der Waals surface area contributed by atoms with Crippen molar-refractivity contribution in [3.8, 4) is 0 Å². The van der Waals surface area contributed by atoms with Crippen molar-refractivity contribution in [1.82, 2.24) is 14.8 Å². The van der Waals surface area contributed by atoms with Crippen LogP contribution in [0.15, 0.2) is 6.33 Å². The smallest absolute Gasteiger partial charge is 0.318 e. The lowest BCUT2D eigenvalue weighted by Crippen LogP contribution is -2.19. The molecule has 1 rings (SSSR count). The van der Waals surface area contributed by atoms with E-state index < -0.39 is 27.3 Å². The van der Waals surface area contributed by atoms with E-state index in [1.807, 2.05) is 0 Å². The van der Waals surface area contributed by atoms with E-state index in [2.05, 4.69) is 10.1 Å². The molecule has 0 aliphatic heterocycles. The van der Waals surface area contributed by atoms with Crippen LogP contribution in [0.4, 0.5) is 0 Å². The van der Waals surface area contributed by atoms with Crippen LogP contribution in [-0.2, 0) is 26.9 Å². The molecule has 1 aromatic rings. The number of carboxylic acids is 1. The molecule has 1 N–H and O–H groups in total. The summed E-state index contributed by atoms with van der Waals surface area (Å²) in [5.41, 5.74) is 0. The number of hydrogen-bond donors (Lipinski definition) is 1. The second-order valence-electron chi connectivity index (χ2n) is 2.92. The minimum atomic E-state index is -3.66. The van der Waals surface area contributed by atoms with Gasteiger partial charge >= 0.3 is 5.97 Å². The fourth-order valence-electron chi connectivity index (χ4n) is 1.10. The van der Waals surface area contributed by atoms with Crippen LogP contribution < -0.4 is 0 Å². The van der Waals surface area contributed by atoms with E-state index in [0.717, 1.165) is 0 Å². The summed E-state index contributed by atoms with van der Waals surface area (Å²) < 4.78 is 24.0. The van der Waals surface area contributed by atoms with Gasteiger partial charge in [0.2, 0.25) is 0 Å². The summed E-state index contributed by atoms with van der Waals surface area (Å²) in [5.74, 6) is -2.38. The van der Waals surface area contributed by atoms with E-state index in [1.165, 1.54) is 11.0 Å². The quantitative estimate of drug-likeness (QED) is 0.721. The Morgan fingerprint density at radius 2 is 2.27 bits per heavy atom. The van der Waals surface area contributed by atoms with Crippen LogP contribution >= 0.6 is 0 Å². The van der Waals surface area contributed by atoms with Crippen molar-refractivity contribution in [2.75, 3.05) is 5.75 Å². The molecule has 0 aromatic carbocycles. The summed E-state index contributed by atoms with van der Waals surface area (Å²) in [7, 11) is -3.66. The first kappa shape index (κ1) is 11.6. The van der Waals surface area contributed by atoms with E-state index in [4.69, 9.17) is 5.11 Å². The van der Waals surface area contributed by atoms with Gasteiger partial charge in [0.1, 0.15) is 23.7 Å². The number of carboxylic acid groups (broad SMARTS) is 1. The molecule has 8 heteroatoms. The molecular weight excluding hydrogens is 222 g/mol. The Hall–Kier alpha value is -1.44. The Kier molecular flexibility index (Phi) is 3.40. The van der Waals surface area contributed by atoms with Gasteiger partial charge in [0.15, 0.2) is 9.84 Å². The summed E-state index contributed by atoms with van der Waals surface area (Å²) in [6.07, 6.45) is 1.25. The summed E-state index contributed by atoms with van der Waals surface area (Å²) >= 11 is 0. The van der Waals surface area contributed by atoms with E-state index in [9.17, 15) is 13.2 Å². The maximum atomic E-state index is 11.3. The lowest BCUT2D eigenvalue weighted by Gasteiger charge is -2.02. The van der Waals surface area contributed by atoms with Crippen molar-refractivity contribution in [3.05, 3.63) is 12.2 Å². The number of aromatic nitrogens is 3. The first-order chi connectivity index (χ1) is 6.94. The maximum absolute atomic E-state index is 11.3. The Bertz CT molecular complexity index is 451. The lowest BCUT2D eigenvalue weighted by molar-refractivity contribution is -0.134. The fraction of sp³-hybridized carbons (Fsp3) is 0.571. The minimum absolute atomic E-state index is 0.263. The molecule has 15 heavy (non-hydrogen) atoms. The molecule has 0 fully saturated rings. The molecule has 84 valence electrons. The summed E-state index contributed by atoms with van der Waals surface area (Å²) in [6.45, 7) is 2.29. The van der Waals surface area contributed by atoms with Crippen molar-refractivity contribution in [2.24, 2.45) is 0 Å². The van der Waals surface area contributed by atoms with E-state index in [1.54, 1.807) is 6.92 Å². The van der Waals surface area contributed by atoms with Gasteiger partial charge in [0.05, 0.1) is 0 Å². The number of hydrogen-bond acceptors (Lipinski definition) is 5. The zero-order chi connectivity index (χ0) is 11.5. The van der Waals surface area contributed by atoms with Crippen molar-refractivity contribution < 1.29 is 18.3 Å². The van der Waals surface area contributed by atoms with Gasteiger partial charge in [-0.1, -0.05) is 0 Å². The van der Waals surface area contributed by atoms with E-state index in [-0.39, 0.29) is 5.82 Å². The molecular formula is C7H11N3O4S. The standard InChI is InChI=1S/C7H11N3O4S/c1-2-10-6(8-5-9-10)3-15(13,14)4-7(11)12/h5H,2-4H2,1H3,(H,11,12). The van der Waals surface area contributed by atoms with Crippen LogP contribution in [0.25, 0.3) is 0 Å². The predicted molar refractivity (Wildman–Crippen MR) is 50.8 cm³/mol. The highest BCUT2D eigenvalue weighted by atomic mass is 32.2. The van der Waals surface area contributed by atoms with Crippen LogP contribution in [-0.4, -0.2) is 40.0 Å². The number of aryl methyl sites for hydroxylation is 1. The predicted octanol–water partition coefficient (Wildman–Crippen LogP) is -0.703. The number of nitrogens with zero attached hydrogens (tertiary/aromatic N) is 3. The monoisotopic (exact) mass is 233 g/mol. The third kappa shape index (κ3) is 3.31. The average molecular weight is 233 g/mol. The van der Waals surface area contributed by atoms with Gasteiger partial charge in [0, 0.05) is 6.54 Å². The first-order valence-electron chi connectivity index (χ1n) is 4.23. The molecule has 0 amide bonds. The number of carbonyl (C=O) groups is 1. The zero-order valence-corrected chi connectivity index (χ0v) is 8.94. The number of sulfone groups is 1. The van der Waals surface area contributed by atoms with Crippen LogP contribution in [0, 0.1) is 0 Å². The highest BCUT2D eigenvalue weighted by Crippen LogP contribution is 2.03. The third-order valence-corrected chi connectivity index (χ3v) is 3.07. The highest BCUT2D eigenvalue weighted by Gasteiger charge is 2.19. The molecule has 1 heterocycles. The van der Waals surface area contributed by atoms with Crippen molar-refractivity contribution in [1.29, 1.82) is 0 Å². The van der Waals surface area contributed by atoms with Gasteiger partial charge in [-0.25, -0.2) is 18.1 Å². The summed E-state index contributed by atoms with van der Waals surface area (Å²) in [6, 6.07) is 0. The zero-order valence-electron chi connectivity index (χ0n) is 8.12. The SMILES string of the molecule is CCn1ncnc1CS(=O)(=O)CC(=O)O. The topological polar surface area (TPSA) is 102 Å². The van der Waals surface area contributed by atoms with Gasteiger partial charge in [-0.3, -0.25) is 4.79 Å². The Morgan fingerprint density at radius 3 is 2.80 bits per heavy atom. The third-order valence-electron chi connectivity index (χ3n) is 1.69. The number of rotatable bonds is 5. The van der Waals surface area contributed by atoms with Gasteiger partial charge in [-0.2, -0.15) is 5.10 Å². The van der Waals surface area contributed by atoms with Gasteiger partial charge in [0.25, 0.3) is 0 Å². The normalized spacial score (nSPS) is 11.5. The minimum Gasteiger partial charge on any atom is -0.480 e. The van der Waals surface area contributed by atoms with E-state index >= 15 is 0 Å². The molecule has 0 saturated heterocycles. The van der Waals surface area contributed by atoms with Crippen molar-refractivity contribution in [3.63, 3.8) is 0 Å². The maximum Gasteiger partial charge on any atom is 0.318 e. The summed E-state index contributed by atoms with van der Waals surface area (Å²) in [5, 5.41) is 12.2. The van der Waals surface area contributed by atoms with Crippen LogP contribution in [0.5, 0.6) is 0 Å². The second-order valence-corrected chi connectivity index (χ2v) is 4.98. The van der Waals surface area contributed by atoms with Crippen molar-refractivity contribution >= 4 is 15.8 Å². The fourth-order valence-corrected chi connectivity index (χ4v) is 2.20. The molecule has 1 aromatic heterocycles. The Labute approximate surface area is 86.7 Å². The molecule has 0 aliphatic rings. The van der Waals surface area contributed by atoms with Crippen molar-refractivity contribution in [2.45, 2.75) is 19.2 Å². The Morgan fingerprint density at radius 1 is 1.60 bits per heavy atom. The molecule has 0 radical (unpaired) electrons. The van der Waals surface area contributed by atoms with Crippen LogP contribution in [0.1, 0.15) is 12.7 Å². The molecule has 0 aliphatic carbocycles. The molecule has 7 nitrogen and oxygen atoms in total. The van der Waals surface area contributed by atoms with Crippen LogP contribution in [0.3, 0.4) is 0 Å². The molecule has 0 spiro atoms. The van der Waals surface area contributed by atoms with E-state index in [0.29, 0.717) is 6.54 Å².